The average molecular weight is 325 g/mol. The highest BCUT2D eigenvalue weighted by molar-refractivity contribution is 5.76. The van der Waals surface area contributed by atoms with Crippen LogP contribution in [0.2, 0.25) is 0 Å². The minimum absolute atomic E-state index is 0.0120. The Bertz CT molecular complexity index is 785. The monoisotopic (exact) mass is 325 g/mol. The van der Waals surface area contributed by atoms with Crippen LogP contribution in [0.15, 0.2) is 42.5 Å². The Balaban J connectivity index is 1.89. The zero-order chi connectivity index (χ0) is 17.1. The molecule has 1 N–H and O–H groups in total. The van der Waals surface area contributed by atoms with Gasteiger partial charge >= 0.3 is 5.97 Å². The van der Waals surface area contributed by atoms with Crippen molar-refractivity contribution in [1.82, 2.24) is 0 Å². The highest BCUT2D eigenvalue weighted by Crippen LogP contribution is 2.28. The molecule has 2 aromatic rings. The molecule has 124 valence electrons. The van der Waals surface area contributed by atoms with Crippen LogP contribution in [0.1, 0.15) is 41.0 Å². The molecule has 0 spiro atoms. The number of non-ortho nitro benzene ring substituents is 1. The summed E-state index contributed by atoms with van der Waals surface area (Å²) in [6, 6.07) is 12.1. The molecule has 24 heavy (non-hydrogen) atoms. The molecule has 1 atom stereocenters. The van der Waals surface area contributed by atoms with E-state index in [1.165, 1.54) is 29.7 Å². The number of aryl methyl sites for hydroxylation is 2. The molecule has 0 heterocycles. The van der Waals surface area contributed by atoms with Gasteiger partial charge in [-0.05, 0) is 54.4 Å². The SMILES string of the molecule is O=C(O)C(Cc1cccc([N+](=O)[O-])c1)c1ccc2c(c1)CCCC2. The largest absolute Gasteiger partial charge is 0.481 e. The van der Waals surface area contributed by atoms with Gasteiger partial charge in [0.1, 0.15) is 0 Å². The van der Waals surface area contributed by atoms with E-state index in [-0.39, 0.29) is 12.1 Å². The van der Waals surface area contributed by atoms with Crippen LogP contribution < -0.4 is 0 Å². The van der Waals surface area contributed by atoms with Gasteiger partial charge in [0.15, 0.2) is 0 Å². The zero-order valence-electron chi connectivity index (χ0n) is 13.3. The molecule has 0 saturated carbocycles. The molecule has 0 amide bonds. The number of fused-ring (bicyclic) bond motifs is 1. The standard InChI is InChI=1S/C19H19NO4/c21-19(22)18(11-13-4-3-7-17(10-13)20(23)24)16-9-8-14-5-1-2-6-15(14)12-16/h3-4,7-10,12,18H,1-2,5-6,11H2,(H,21,22). The third-order valence-corrected chi connectivity index (χ3v) is 4.63. The molecule has 2 aromatic carbocycles. The van der Waals surface area contributed by atoms with E-state index in [2.05, 4.69) is 0 Å². The molecule has 1 aliphatic carbocycles. The van der Waals surface area contributed by atoms with Crippen LogP contribution in [0.25, 0.3) is 0 Å². The van der Waals surface area contributed by atoms with Crippen LogP contribution in [-0.2, 0) is 24.1 Å². The van der Waals surface area contributed by atoms with Crippen molar-refractivity contribution in [3.8, 4) is 0 Å². The van der Waals surface area contributed by atoms with Gasteiger partial charge in [-0.15, -0.1) is 0 Å². The van der Waals surface area contributed by atoms with E-state index >= 15 is 0 Å². The second-order valence-electron chi connectivity index (χ2n) is 6.26. The minimum atomic E-state index is -0.905. The Labute approximate surface area is 140 Å². The molecule has 5 heteroatoms. The Morgan fingerprint density at radius 1 is 1.12 bits per heavy atom. The zero-order valence-corrected chi connectivity index (χ0v) is 13.3. The number of carboxylic acids is 1. The smallest absolute Gasteiger partial charge is 0.311 e. The van der Waals surface area contributed by atoms with E-state index < -0.39 is 16.8 Å². The average Bonchev–Trinajstić information content (AvgIpc) is 2.59. The van der Waals surface area contributed by atoms with Crippen molar-refractivity contribution in [2.45, 2.75) is 38.0 Å². The summed E-state index contributed by atoms with van der Waals surface area (Å²) in [5.41, 5.74) is 3.97. The number of aliphatic carboxylic acids is 1. The summed E-state index contributed by atoms with van der Waals surface area (Å²) in [7, 11) is 0. The van der Waals surface area contributed by atoms with Crippen molar-refractivity contribution in [1.29, 1.82) is 0 Å². The summed E-state index contributed by atoms with van der Waals surface area (Å²) in [5, 5.41) is 20.5. The van der Waals surface area contributed by atoms with Crippen molar-refractivity contribution in [2.24, 2.45) is 0 Å². The van der Waals surface area contributed by atoms with E-state index in [0.717, 1.165) is 24.8 Å². The number of rotatable bonds is 5. The minimum Gasteiger partial charge on any atom is -0.481 e. The first-order chi connectivity index (χ1) is 11.5. The van der Waals surface area contributed by atoms with Crippen molar-refractivity contribution in [3.05, 3.63) is 74.8 Å². The maximum absolute atomic E-state index is 11.8. The van der Waals surface area contributed by atoms with Crippen LogP contribution >= 0.6 is 0 Å². The van der Waals surface area contributed by atoms with Crippen LogP contribution in [0, 0.1) is 10.1 Å². The Morgan fingerprint density at radius 3 is 2.58 bits per heavy atom. The maximum Gasteiger partial charge on any atom is 0.311 e. The summed E-state index contributed by atoms with van der Waals surface area (Å²) in [4.78, 5) is 22.2. The summed E-state index contributed by atoms with van der Waals surface area (Å²) in [6.07, 6.45) is 4.61. The predicted octanol–water partition coefficient (Wildman–Crippen LogP) is 3.88. The van der Waals surface area contributed by atoms with E-state index in [1.54, 1.807) is 12.1 Å². The van der Waals surface area contributed by atoms with E-state index in [9.17, 15) is 20.0 Å². The molecule has 0 fully saturated rings. The third-order valence-electron chi connectivity index (χ3n) is 4.63. The van der Waals surface area contributed by atoms with Gasteiger partial charge in [-0.2, -0.15) is 0 Å². The fraction of sp³-hybridized carbons (Fsp3) is 0.316. The fourth-order valence-corrected chi connectivity index (χ4v) is 3.35. The molecular weight excluding hydrogens is 306 g/mol. The number of benzene rings is 2. The van der Waals surface area contributed by atoms with Gasteiger partial charge in [-0.25, -0.2) is 0 Å². The number of nitrogens with zero attached hydrogens (tertiary/aromatic N) is 1. The first-order valence-corrected chi connectivity index (χ1v) is 8.12. The molecule has 1 aliphatic rings. The molecule has 3 rings (SSSR count). The molecular formula is C19H19NO4. The summed E-state index contributed by atoms with van der Waals surface area (Å²) in [5.74, 6) is -1.60. The Morgan fingerprint density at radius 2 is 1.88 bits per heavy atom. The predicted molar refractivity (Wildman–Crippen MR) is 90.3 cm³/mol. The lowest BCUT2D eigenvalue weighted by Crippen LogP contribution is -2.15. The number of hydrogen-bond acceptors (Lipinski definition) is 3. The normalized spacial score (nSPS) is 14.7. The topological polar surface area (TPSA) is 80.4 Å². The number of carbonyl (C=O) groups is 1. The molecule has 0 aliphatic heterocycles. The molecule has 1 unspecified atom stereocenters. The van der Waals surface area contributed by atoms with Gasteiger partial charge in [0.2, 0.25) is 0 Å². The van der Waals surface area contributed by atoms with Crippen molar-refractivity contribution >= 4 is 11.7 Å². The molecule has 0 bridgehead atoms. The van der Waals surface area contributed by atoms with Gasteiger partial charge in [0.05, 0.1) is 10.8 Å². The number of nitro benzene ring substituents is 1. The second kappa shape index (κ2) is 6.83. The lowest BCUT2D eigenvalue weighted by atomic mass is 9.85. The summed E-state index contributed by atoms with van der Waals surface area (Å²) < 4.78 is 0. The van der Waals surface area contributed by atoms with Crippen molar-refractivity contribution in [3.63, 3.8) is 0 Å². The summed E-state index contributed by atoms with van der Waals surface area (Å²) >= 11 is 0. The van der Waals surface area contributed by atoms with Crippen molar-refractivity contribution < 1.29 is 14.8 Å². The highest BCUT2D eigenvalue weighted by atomic mass is 16.6. The number of hydrogen-bond donors (Lipinski definition) is 1. The van der Waals surface area contributed by atoms with Gasteiger partial charge in [-0.3, -0.25) is 14.9 Å². The van der Waals surface area contributed by atoms with Gasteiger partial charge in [0.25, 0.3) is 5.69 Å². The van der Waals surface area contributed by atoms with Gasteiger partial charge in [0, 0.05) is 12.1 Å². The number of nitro groups is 1. The van der Waals surface area contributed by atoms with Crippen LogP contribution in [-0.4, -0.2) is 16.0 Å². The van der Waals surface area contributed by atoms with E-state index in [1.807, 2.05) is 18.2 Å². The van der Waals surface area contributed by atoms with Gasteiger partial charge in [-0.1, -0.05) is 30.3 Å². The van der Waals surface area contributed by atoms with Gasteiger partial charge < -0.3 is 5.11 Å². The molecule has 0 aromatic heterocycles. The summed E-state index contributed by atoms with van der Waals surface area (Å²) in [6.45, 7) is 0. The van der Waals surface area contributed by atoms with E-state index in [4.69, 9.17) is 0 Å². The Hall–Kier alpha value is -2.69. The van der Waals surface area contributed by atoms with Crippen LogP contribution in [0.4, 0.5) is 5.69 Å². The molecule has 0 radical (unpaired) electrons. The highest BCUT2D eigenvalue weighted by Gasteiger charge is 2.23. The van der Waals surface area contributed by atoms with Crippen molar-refractivity contribution in [2.75, 3.05) is 0 Å². The van der Waals surface area contributed by atoms with E-state index in [0.29, 0.717) is 5.56 Å². The Kier molecular flexibility index (Phi) is 4.60. The number of carboxylic acid groups (broad SMARTS) is 1. The third kappa shape index (κ3) is 3.45. The lowest BCUT2D eigenvalue weighted by molar-refractivity contribution is -0.384. The second-order valence-corrected chi connectivity index (χ2v) is 6.26. The first-order valence-electron chi connectivity index (χ1n) is 8.12. The van der Waals surface area contributed by atoms with Crippen LogP contribution in [0.3, 0.4) is 0 Å². The lowest BCUT2D eigenvalue weighted by Gasteiger charge is -2.19. The first kappa shape index (κ1) is 16.2. The molecule has 0 saturated heterocycles. The molecule has 5 nitrogen and oxygen atoms in total. The maximum atomic E-state index is 11.8. The fourth-order valence-electron chi connectivity index (χ4n) is 3.35. The quantitative estimate of drug-likeness (QED) is 0.668. The van der Waals surface area contributed by atoms with Crippen LogP contribution in [0.5, 0.6) is 0 Å².